The molecule has 26 heavy (non-hydrogen) atoms. The van der Waals surface area contributed by atoms with Crippen LogP contribution in [0, 0.1) is 6.92 Å². The van der Waals surface area contributed by atoms with E-state index < -0.39 is 0 Å². The minimum absolute atomic E-state index is 0.250. The van der Waals surface area contributed by atoms with E-state index in [4.69, 9.17) is 31.2 Å². The van der Waals surface area contributed by atoms with E-state index in [1.165, 1.54) is 7.11 Å². The SMILES string of the molecule is CO/N=C(/C)c1cccc(C)c1CO/N=C/c1cccc(Cl)c1.O=CO. The van der Waals surface area contributed by atoms with Crippen LogP contribution in [-0.4, -0.2) is 30.6 Å². The molecule has 0 heterocycles. The van der Waals surface area contributed by atoms with Gasteiger partial charge in [-0.2, -0.15) is 0 Å². The van der Waals surface area contributed by atoms with Gasteiger partial charge in [0.2, 0.25) is 0 Å². The first kappa shape index (κ1) is 21.2. The Bertz CT molecular complexity index is 776. The summed E-state index contributed by atoms with van der Waals surface area (Å²) in [7, 11) is 1.53. The Morgan fingerprint density at radius 3 is 2.62 bits per heavy atom. The highest BCUT2D eigenvalue weighted by atomic mass is 35.5. The maximum Gasteiger partial charge on any atom is 0.290 e. The summed E-state index contributed by atoms with van der Waals surface area (Å²) < 4.78 is 0. The molecule has 138 valence electrons. The summed E-state index contributed by atoms with van der Waals surface area (Å²) in [5, 5.41) is 15.6. The summed E-state index contributed by atoms with van der Waals surface area (Å²) in [4.78, 5) is 18.7. The summed E-state index contributed by atoms with van der Waals surface area (Å²) in [6, 6.07) is 13.4. The Morgan fingerprint density at radius 2 is 1.96 bits per heavy atom. The van der Waals surface area contributed by atoms with Crippen LogP contribution in [0.3, 0.4) is 0 Å². The van der Waals surface area contributed by atoms with Crippen molar-refractivity contribution in [3.8, 4) is 0 Å². The van der Waals surface area contributed by atoms with Gasteiger partial charge in [-0.05, 0) is 37.1 Å². The zero-order valence-corrected chi connectivity index (χ0v) is 15.6. The van der Waals surface area contributed by atoms with E-state index in [9.17, 15) is 0 Å². The fourth-order valence-corrected chi connectivity index (χ4v) is 2.40. The molecule has 7 heteroatoms. The fraction of sp³-hybridized carbons (Fsp3) is 0.211. The Balaban J connectivity index is 0.00000105. The minimum Gasteiger partial charge on any atom is -0.483 e. The topological polar surface area (TPSA) is 80.5 Å². The van der Waals surface area contributed by atoms with Crippen LogP contribution in [0.1, 0.15) is 29.2 Å². The Kier molecular flexibility index (Phi) is 9.49. The number of aryl methyl sites for hydroxylation is 1. The number of hydrogen-bond acceptors (Lipinski definition) is 5. The quantitative estimate of drug-likeness (QED) is 0.463. The van der Waals surface area contributed by atoms with Gasteiger partial charge in [-0.15, -0.1) is 0 Å². The average Bonchev–Trinajstić information content (AvgIpc) is 2.60. The van der Waals surface area contributed by atoms with Crippen LogP contribution < -0.4 is 0 Å². The van der Waals surface area contributed by atoms with Crippen molar-refractivity contribution in [2.75, 3.05) is 7.11 Å². The minimum atomic E-state index is -0.250. The highest BCUT2D eigenvalue weighted by molar-refractivity contribution is 6.30. The summed E-state index contributed by atoms with van der Waals surface area (Å²) in [5.74, 6) is 0. The molecule has 0 spiro atoms. The van der Waals surface area contributed by atoms with Crippen LogP contribution >= 0.6 is 11.6 Å². The summed E-state index contributed by atoms with van der Waals surface area (Å²) in [6.45, 7) is 4.04. The third-order valence-corrected chi connectivity index (χ3v) is 3.60. The predicted octanol–water partition coefficient (Wildman–Crippen LogP) is 4.27. The molecule has 2 rings (SSSR count). The first-order chi connectivity index (χ1) is 12.5. The van der Waals surface area contributed by atoms with Gasteiger partial charge in [-0.3, -0.25) is 4.79 Å². The molecule has 0 aliphatic heterocycles. The number of carbonyl (C=O) groups is 1. The summed E-state index contributed by atoms with van der Waals surface area (Å²) >= 11 is 5.93. The van der Waals surface area contributed by atoms with Crippen molar-refractivity contribution in [2.24, 2.45) is 10.3 Å². The maximum atomic E-state index is 8.36. The Morgan fingerprint density at radius 1 is 1.27 bits per heavy atom. The van der Waals surface area contributed by atoms with Gasteiger partial charge in [0.1, 0.15) is 13.7 Å². The van der Waals surface area contributed by atoms with Gasteiger partial charge in [0.05, 0.1) is 11.9 Å². The molecule has 0 amide bonds. The van der Waals surface area contributed by atoms with E-state index in [0.29, 0.717) is 11.6 Å². The number of oxime groups is 2. The van der Waals surface area contributed by atoms with Crippen molar-refractivity contribution < 1.29 is 19.6 Å². The van der Waals surface area contributed by atoms with Crippen molar-refractivity contribution in [1.29, 1.82) is 0 Å². The molecule has 0 aliphatic carbocycles. The van der Waals surface area contributed by atoms with Crippen molar-refractivity contribution in [2.45, 2.75) is 20.5 Å². The normalized spacial score (nSPS) is 10.8. The van der Waals surface area contributed by atoms with Crippen LogP contribution in [0.5, 0.6) is 0 Å². The molecule has 0 saturated heterocycles. The Hall–Kier alpha value is -2.86. The van der Waals surface area contributed by atoms with Crippen molar-refractivity contribution >= 4 is 30.0 Å². The van der Waals surface area contributed by atoms with E-state index in [-0.39, 0.29) is 6.47 Å². The second kappa shape index (κ2) is 11.7. The van der Waals surface area contributed by atoms with Crippen LogP contribution in [0.15, 0.2) is 52.8 Å². The van der Waals surface area contributed by atoms with Gasteiger partial charge in [0.25, 0.3) is 6.47 Å². The third kappa shape index (κ3) is 6.94. The lowest BCUT2D eigenvalue weighted by molar-refractivity contribution is -0.122. The molecule has 0 saturated carbocycles. The third-order valence-electron chi connectivity index (χ3n) is 3.36. The number of halogens is 1. The van der Waals surface area contributed by atoms with Gasteiger partial charge in [0, 0.05) is 16.1 Å². The zero-order valence-electron chi connectivity index (χ0n) is 14.8. The summed E-state index contributed by atoms with van der Waals surface area (Å²) in [6.07, 6.45) is 1.64. The second-order valence-electron chi connectivity index (χ2n) is 5.13. The molecule has 0 atom stereocenters. The monoisotopic (exact) mass is 376 g/mol. The smallest absolute Gasteiger partial charge is 0.290 e. The van der Waals surface area contributed by atoms with E-state index in [1.54, 1.807) is 6.21 Å². The van der Waals surface area contributed by atoms with E-state index in [2.05, 4.69) is 10.3 Å². The van der Waals surface area contributed by atoms with Gasteiger partial charge in [0.15, 0.2) is 0 Å². The standard InChI is InChI=1S/C18H19ClN2O2.CH2O2/c1-13-6-4-9-17(14(2)21-22-3)18(13)12-23-20-11-15-7-5-8-16(19)10-15;2-1-3/h4-11H,12H2,1-3H3;1H,(H,2,3)/b20-11+,21-14-;. The molecule has 0 bridgehead atoms. The number of benzene rings is 2. The Labute approximate surface area is 157 Å². The van der Waals surface area contributed by atoms with E-state index in [1.807, 2.05) is 56.3 Å². The number of rotatable bonds is 6. The predicted molar refractivity (Wildman–Crippen MR) is 103 cm³/mol. The van der Waals surface area contributed by atoms with Gasteiger partial charge in [-0.1, -0.05) is 52.2 Å². The molecular weight excluding hydrogens is 356 g/mol. The van der Waals surface area contributed by atoms with E-state index >= 15 is 0 Å². The van der Waals surface area contributed by atoms with Crippen molar-refractivity contribution in [3.63, 3.8) is 0 Å². The highest BCUT2D eigenvalue weighted by Crippen LogP contribution is 2.17. The lowest BCUT2D eigenvalue weighted by atomic mass is 10.00. The lowest BCUT2D eigenvalue weighted by Crippen LogP contribution is -2.04. The summed E-state index contributed by atoms with van der Waals surface area (Å²) in [5.41, 5.74) is 4.83. The molecule has 0 radical (unpaired) electrons. The highest BCUT2D eigenvalue weighted by Gasteiger charge is 2.09. The molecule has 2 aromatic rings. The average molecular weight is 377 g/mol. The second-order valence-corrected chi connectivity index (χ2v) is 5.57. The number of carboxylic acid groups (broad SMARTS) is 1. The zero-order chi connectivity index (χ0) is 19.4. The number of hydrogen-bond donors (Lipinski definition) is 1. The molecule has 2 aromatic carbocycles. The molecule has 0 aromatic heterocycles. The van der Waals surface area contributed by atoms with Crippen LogP contribution in [0.2, 0.25) is 5.02 Å². The van der Waals surface area contributed by atoms with Crippen molar-refractivity contribution in [1.82, 2.24) is 0 Å². The molecule has 0 unspecified atom stereocenters. The molecule has 6 nitrogen and oxygen atoms in total. The van der Waals surface area contributed by atoms with Crippen LogP contribution in [0.4, 0.5) is 0 Å². The van der Waals surface area contributed by atoms with E-state index in [0.717, 1.165) is 28.0 Å². The molecule has 0 fully saturated rings. The number of nitrogens with zero attached hydrogens (tertiary/aromatic N) is 2. The van der Waals surface area contributed by atoms with Gasteiger partial charge < -0.3 is 14.8 Å². The fourth-order valence-electron chi connectivity index (χ4n) is 2.21. The molecule has 1 N–H and O–H groups in total. The maximum absolute atomic E-state index is 8.36. The first-order valence-corrected chi connectivity index (χ1v) is 8.06. The largest absolute Gasteiger partial charge is 0.483 e. The molecule has 0 aliphatic rings. The van der Waals surface area contributed by atoms with Gasteiger partial charge >= 0.3 is 0 Å². The van der Waals surface area contributed by atoms with Crippen LogP contribution in [-0.2, 0) is 21.1 Å². The van der Waals surface area contributed by atoms with Crippen molar-refractivity contribution in [3.05, 3.63) is 69.7 Å². The van der Waals surface area contributed by atoms with Gasteiger partial charge in [-0.25, -0.2) is 0 Å². The molecular formula is C19H21ClN2O4. The first-order valence-electron chi connectivity index (χ1n) is 7.68. The van der Waals surface area contributed by atoms with Crippen LogP contribution in [0.25, 0.3) is 0 Å². The lowest BCUT2D eigenvalue weighted by Gasteiger charge is -2.11.